The summed E-state index contributed by atoms with van der Waals surface area (Å²) in [5.41, 5.74) is 0. The molecule has 0 spiro atoms. The smallest absolute Gasteiger partial charge is 0.311 e. The molecule has 0 saturated carbocycles. The molecule has 0 bridgehead atoms. The summed E-state index contributed by atoms with van der Waals surface area (Å²) in [6, 6.07) is 7.85. The number of rotatable bonds is 11. The molecule has 0 amide bonds. The molecule has 0 saturated heterocycles. The van der Waals surface area contributed by atoms with Gasteiger partial charge >= 0.3 is 5.97 Å². The van der Waals surface area contributed by atoms with Crippen LogP contribution in [0.25, 0.3) is 0 Å². The van der Waals surface area contributed by atoms with Crippen molar-refractivity contribution < 1.29 is 9.53 Å². The van der Waals surface area contributed by atoms with E-state index in [9.17, 15) is 4.79 Å². The number of esters is 1. The molecule has 0 aliphatic rings. The van der Waals surface area contributed by atoms with Gasteiger partial charge in [0.25, 0.3) is 0 Å². The van der Waals surface area contributed by atoms with Crippen molar-refractivity contribution >= 4 is 16.9 Å². The van der Waals surface area contributed by atoms with Gasteiger partial charge in [-0.3, -0.25) is 4.79 Å². The molecule has 2 nitrogen and oxygen atoms in total. The van der Waals surface area contributed by atoms with Gasteiger partial charge in [0, 0.05) is 17.3 Å². The van der Waals surface area contributed by atoms with Crippen LogP contribution in [0.2, 0.25) is 0 Å². The molecule has 1 rings (SSSR count). The molecule has 0 N–H and O–H groups in total. The maximum absolute atomic E-state index is 11.8. The predicted molar refractivity (Wildman–Crippen MR) is 96.7 cm³/mol. The molecule has 0 aromatic heterocycles. The number of benzene rings is 1. The number of ether oxygens (including phenoxy) is 1. The molecule has 0 unspecified atom stereocenters. The molecule has 0 fully saturated rings. The average molecular weight is 322 g/mol. The third-order valence-corrected chi connectivity index (χ3v) is 4.78. The summed E-state index contributed by atoms with van der Waals surface area (Å²) >= 11 is 0. The van der Waals surface area contributed by atoms with E-state index in [2.05, 4.69) is 19.1 Å². The number of carbonyl (C=O) groups excluding carboxylic acids is 1. The number of carbonyl (C=O) groups is 1. The Hall–Kier alpha value is -1.22. The van der Waals surface area contributed by atoms with Crippen molar-refractivity contribution in [2.75, 3.05) is 12.5 Å². The van der Waals surface area contributed by atoms with Crippen molar-refractivity contribution in [1.82, 2.24) is 0 Å². The van der Waals surface area contributed by atoms with Crippen LogP contribution >= 0.6 is 0 Å². The lowest BCUT2D eigenvalue weighted by molar-refractivity contribution is -0.134. The predicted octanol–water partition coefficient (Wildman–Crippen LogP) is 5.14. The molecular weight excluding hydrogens is 292 g/mol. The Labute approximate surface area is 138 Å². The van der Waals surface area contributed by atoms with Gasteiger partial charge in [-0.25, -0.2) is 0 Å². The van der Waals surface area contributed by atoms with Gasteiger partial charge in [-0.2, -0.15) is 0 Å². The molecule has 0 aliphatic carbocycles. The van der Waals surface area contributed by atoms with E-state index in [1.165, 1.54) is 30.6 Å². The van der Waals surface area contributed by atoms with Gasteiger partial charge in [-0.15, -0.1) is 6.58 Å². The molecule has 22 heavy (non-hydrogen) atoms. The Bertz CT molecular complexity index is 437. The highest BCUT2D eigenvalue weighted by Gasteiger charge is 2.09. The summed E-state index contributed by atoms with van der Waals surface area (Å²) in [5, 5.41) is 0. The van der Waals surface area contributed by atoms with E-state index < -0.39 is 0 Å². The summed E-state index contributed by atoms with van der Waals surface area (Å²) in [4.78, 5) is 13.1. The summed E-state index contributed by atoms with van der Waals surface area (Å²) in [7, 11) is 0.244. The minimum Gasteiger partial charge on any atom is -0.427 e. The highest BCUT2D eigenvalue weighted by atomic mass is 32.2. The molecule has 0 atom stereocenters. The maximum Gasteiger partial charge on any atom is 0.311 e. The Morgan fingerprint density at radius 1 is 1.05 bits per heavy atom. The zero-order chi connectivity index (χ0) is 16.2. The average Bonchev–Trinajstić information content (AvgIpc) is 2.50. The fraction of sp³-hybridized carbons (Fsp3) is 0.526. The van der Waals surface area contributed by atoms with E-state index in [1.807, 2.05) is 30.3 Å². The summed E-state index contributed by atoms with van der Waals surface area (Å²) in [6.45, 7) is 3.72. The zero-order valence-electron chi connectivity index (χ0n) is 14.0. The second kappa shape index (κ2) is 11.4. The SMILES string of the molecule is C=CCCCCCCCCC(=O)Oc1ccc([S+](C)C)cc1. The third-order valence-electron chi connectivity index (χ3n) is 3.57. The Balaban J connectivity index is 2.11. The normalized spacial score (nSPS) is 10.7. The monoisotopic (exact) mass is 321 g/mol. The minimum absolute atomic E-state index is 0.119. The van der Waals surface area contributed by atoms with E-state index in [0.717, 1.165) is 19.3 Å². The van der Waals surface area contributed by atoms with Gasteiger partial charge in [0.2, 0.25) is 0 Å². The van der Waals surface area contributed by atoms with E-state index >= 15 is 0 Å². The first-order valence-corrected chi connectivity index (χ1v) is 10.2. The van der Waals surface area contributed by atoms with Crippen LogP contribution in [0, 0.1) is 0 Å². The van der Waals surface area contributed by atoms with Crippen LogP contribution in [0.15, 0.2) is 41.8 Å². The number of hydrogen-bond donors (Lipinski definition) is 0. The van der Waals surface area contributed by atoms with E-state index in [1.54, 1.807) is 0 Å². The third kappa shape index (κ3) is 8.28. The van der Waals surface area contributed by atoms with Gasteiger partial charge in [0.15, 0.2) is 4.90 Å². The van der Waals surface area contributed by atoms with Crippen molar-refractivity contribution in [3.63, 3.8) is 0 Å². The summed E-state index contributed by atoms with van der Waals surface area (Å²) < 4.78 is 5.36. The zero-order valence-corrected chi connectivity index (χ0v) is 14.8. The van der Waals surface area contributed by atoms with Crippen molar-refractivity contribution in [3.8, 4) is 5.75 Å². The van der Waals surface area contributed by atoms with Crippen LogP contribution < -0.4 is 4.74 Å². The van der Waals surface area contributed by atoms with Gasteiger partial charge < -0.3 is 4.74 Å². The Morgan fingerprint density at radius 3 is 2.23 bits per heavy atom. The van der Waals surface area contributed by atoms with Crippen molar-refractivity contribution in [2.45, 2.75) is 56.3 Å². The van der Waals surface area contributed by atoms with Crippen molar-refractivity contribution in [2.24, 2.45) is 0 Å². The molecule has 0 aliphatic heterocycles. The lowest BCUT2D eigenvalue weighted by atomic mass is 10.1. The van der Waals surface area contributed by atoms with Crippen LogP contribution in [0.4, 0.5) is 0 Å². The van der Waals surface area contributed by atoms with Crippen LogP contribution in [-0.2, 0) is 15.7 Å². The maximum atomic E-state index is 11.8. The Kier molecular flexibility index (Phi) is 9.72. The van der Waals surface area contributed by atoms with Gasteiger partial charge in [-0.1, -0.05) is 31.8 Å². The van der Waals surface area contributed by atoms with Gasteiger partial charge in [-0.05, 0) is 43.5 Å². The second-order valence-electron chi connectivity index (χ2n) is 5.71. The lowest BCUT2D eigenvalue weighted by Crippen LogP contribution is -2.07. The number of allylic oxidation sites excluding steroid dienone is 1. The Morgan fingerprint density at radius 2 is 1.64 bits per heavy atom. The molecule has 0 radical (unpaired) electrons. The largest absolute Gasteiger partial charge is 0.427 e. The second-order valence-corrected chi connectivity index (χ2v) is 7.82. The summed E-state index contributed by atoms with van der Waals surface area (Å²) in [6.07, 6.45) is 14.9. The van der Waals surface area contributed by atoms with Crippen LogP contribution in [0.1, 0.15) is 51.4 Å². The van der Waals surface area contributed by atoms with Gasteiger partial charge in [0.05, 0.1) is 0 Å². The molecule has 0 heterocycles. The van der Waals surface area contributed by atoms with E-state index in [0.29, 0.717) is 12.2 Å². The molecule has 1 aromatic rings. The first-order valence-electron chi connectivity index (χ1n) is 8.12. The fourth-order valence-electron chi connectivity index (χ4n) is 2.23. The lowest BCUT2D eigenvalue weighted by Gasteiger charge is -2.05. The first-order chi connectivity index (χ1) is 10.6. The van der Waals surface area contributed by atoms with Crippen LogP contribution in [0.5, 0.6) is 5.75 Å². The molecular formula is C19H29O2S+. The topological polar surface area (TPSA) is 26.3 Å². The molecule has 3 heteroatoms. The van der Waals surface area contributed by atoms with E-state index in [-0.39, 0.29) is 16.9 Å². The quantitative estimate of drug-likeness (QED) is 0.185. The highest BCUT2D eigenvalue weighted by molar-refractivity contribution is 7.95. The van der Waals surface area contributed by atoms with Crippen LogP contribution in [0.3, 0.4) is 0 Å². The molecule has 122 valence electrons. The van der Waals surface area contributed by atoms with E-state index in [4.69, 9.17) is 4.74 Å². The van der Waals surface area contributed by atoms with Crippen molar-refractivity contribution in [3.05, 3.63) is 36.9 Å². The fourth-order valence-corrected chi connectivity index (χ4v) is 2.91. The number of unbranched alkanes of at least 4 members (excludes halogenated alkanes) is 6. The highest BCUT2D eigenvalue weighted by Crippen LogP contribution is 2.17. The minimum atomic E-state index is -0.119. The standard InChI is InChI=1S/C19H29O2S/c1-4-5-6-7-8-9-10-11-12-19(20)21-17-13-15-18(16-14-17)22(2)3/h4,13-16H,1,5-12H2,2-3H3/q+1. The van der Waals surface area contributed by atoms with Gasteiger partial charge in [0.1, 0.15) is 18.3 Å². The molecule has 1 aromatic carbocycles. The summed E-state index contributed by atoms with van der Waals surface area (Å²) in [5.74, 6) is 0.537. The van der Waals surface area contributed by atoms with Crippen LogP contribution in [-0.4, -0.2) is 18.5 Å². The first kappa shape index (κ1) is 18.8. The van der Waals surface area contributed by atoms with Crippen molar-refractivity contribution in [1.29, 1.82) is 0 Å². The number of hydrogen-bond acceptors (Lipinski definition) is 2.